The third-order valence-electron chi connectivity index (χ3n) is 28.8. The van der Waals surface area contributed by atoms with Crippen molar-refractivity contribution in [3.8, 4) is 157 Å². The summed E-state index contributed by atoms with van der Waals surface area (Å²) >= 11 is 0. The van der Waals surface area contributed by atoms with Crippen LogP contribution in [0.4, 0.5) is 0 Å². The van der Waals surface area contributed by atoms with Gasteiger partial charge in [0, 0.05) is 107 Å². The minimum atomic E-state index is -0.376. The summed E-state index contributed by atoms with van der Waals surface area (Å²) in [7, 11) is 0. The topological polar surface area (TPSA) is 153 Å². The average Bonchev–Trinajstić information content (AvgIpc) is 1.58. The van der Waals surface area contributed by atoms with Gasteiger partial charge in [0.05, 0.1) is 16.6 Å². The van der Waals surface area contributed by atoms with Crippen LogP contribution in [0.3, 0.4) is 0 Å². The molecule has 24 aromatic rings. The van der Waals surface area contributed by atoms with Gasteiger partial charge >= 0.3 is 0 Å². The Bertz CT molecular complexity index is 8970. The van der Waals surface area contributed by atoms with Crippen LogP contribution in [0.5, 0.6) is 0 Å². The molecule has 146 heavy (non-hydrogen) atoms. The van der Waals surface area contributed by atoms with Crippen molar-refractivity contribution in [1.82, 2.24) is 50.2 Å². The number of amidine groups is 2. The van der Waals surface area contributed by atoms with E-state index >= 15 is 0 Å². The Morgan fingerprint density at radius 3 is 0.829 bits per heavy atom. The minimum absolute atomic E-state index is 0.0341. The summed E-state index contributed by atoms with van der Waals surface area (Å²) < 4.78 is 0. The van der Waals surface area contributed by atoms with E-state index in [1.165, 1.54) is 83.1 Å². The van der Waals surface area contributed by atoms with Crippen LogP contribution in [0, 0.1) is 0 Å². The van der Waals surface area contributed by atoms with Crippen molar-refractivity contribution in [1.29, 1.82) is 0 Å². The van der Waals surface area contributed by atoms with Gasteiger partial charge in [-0.15, -0.1) is 0 Å². The largest absolute Gasteiger partial charge is 0.324 e. The number of aliphatic imine (C=N–C) groups is 2. The van der Waals surface area contributed by atoms with E-state index in [0.717, 1.165) is 144 Å². The van der Waals surface area contributed by atoms with Crippen LogP contribution < -0.4 is 5.32 Å². The number of hydrogen-bond donors (Lipinski definition) is 1. The second-order valence-corrected chi connectivity index (χ2v) is 38.4. The first-order valence-electron chi connectivity index (χ1n) is 49.5. The summed E-state index contributed by atoms with van der Waals surface area (Å²) in [6.45, 7) is 9.33. The van der Waals surface area contributed by atoms with E-state index in [-0.39, 0.29) is 17.0 Å². The molecule has 690 valence electrons. The highest BCUT2D eigenvalue weighted by atomic mass is 15.2. The van der Waals surface area contributed by atoms with E-state index in [1.807, 2.05) is 48.9 Å². The highest BCUT2D eigenvalue weighted by molar-refractivity contribution is 6.16. The zero-order valence-corrected chi connectivity index (χ0v) is 80.7. The normalized spacial score (nSPS) is 13.4. The standard InChI is InChI=1S/C51H41N3.C45H29N5.C38H24N4/c1-50(2)43-16-10-8-14-39(43)41-28-26-37(30-45(41)50)32-18-22-35(23-19-32)48-52-47(34-12-6-5-7-13-34)53-49(54-48)36-24-20-33(21-25-36)38-27-29-42-40-15-9-11-17-44(40)51(3,4)46(42)31-38;1-2-8-30(9-3-1)31-16-22-36(23-17-31)43-48-44(37-24-18-32(19-25-37)39-14-4-10-34-12-6-28-46-41(34)39)50-45(49-43)38-26-20-33(21-27-38)40-15-5-11-35-13-7-29-47-42(35)40;1-3-9-30-23-32(20-14-25(30)7-1)37-40-36(41-38(42-37)33-21-15-26-8-2-4-10-31(26)24-33)29-18-16-27(17-19-29)34-13-5-11-28-12-6-22-39-35(28)34/h5-31,48H,1-4H3,(H,52,53,54);1-29H;1-24H. The first-order valence-corrected chi connectivity index (χ1v) is 49.5. The molecule has 0 saturated carbocycles. The molecule has 19 aromatic carbocycles. The van der Waals surface area contributed by atoms with E-state index in [9.17, 15) is 0 Å². The quantitative estimate of drug-likeness (QED) is 0.105. The van der Waals surface area contributed by atoms with Crippen LogP contribution in [0.1, 0.15) is 72.8 Å². The first kappa shape index (κ1) is 88.5. The van der Waals surface area contributed by atoms with Gasteiger partial charge in [0.1, 0.15) is 11.7 Å². The van der Waals surface area contributed by atoms with Gasteiger partial charge in [-0.05, 0) is 164 Å². The molecule has 12 heteroatoms. The maximum Gasteiger partial charge on any atom is 0.169 e. The zero-order chi connectivity index (χ0) is 97.8. The molecule has 1 atom stereocenters. The molecule has 3 aliphatic rings. The molecular weight excluding hydrogens is 1780 g/mol. The van der Waals surface area contributed by atoms with E-state index < -0.39 is 0 Å². The van der Waals surface area contributed by atoms with Crippen molar-refractivity contribution < 1.29 is 0 Å². The number of pyridine rings is 3. The monoisotopic (exact) mass is 1870 g/mol. The molecule has 1 unspecified atom stereocenters. The molecule has 0 fully saturated rings. The van der Waals surface area contributed by atoms with Crippen molar-refractivity contribution in [3.05, 3.63) is 525 Å². The summed E-state index contributed by atoms with van der Waals surface area (Å²) in [6.07, 6.45) is 5.14. The van der Waals surface area contributed by atoms with Crippen LogP contribution in [0.25, 0.3) is 212 Å². The number of benzene rings is 19. The molecule has 2 aliphatic carbocycles. The molecule has 1 N–H and O–H groups in total. The zero-order valence-electron chi connectivity index (χ0n) is 80.7. The molecule has 12 nitrogen and oxygen atoms in total. The van der Waals surface area contributed by atoms with Gasteiger partial charge in [-0.2, -0.15) is 0 Å². The van der Waals surface area contributed by atoms with Crippen molar-refractivity contribution in [3.63, 3.8) is 0 Å². The summed E-state index contributed by atoms with van der Waals surface area (Å²) in [5.74, 6) is 5.42. The van der Waals surface area contributed by atoms with Crippen molar-refractivity contribution in [2.75, 3.05) is 0 Å². The molecule has 0 bridgehead atoms. The van der Waals surface area contributed by atoms with Crippen LogP contribution in [0.2, 0.25) is 0 Å². The second-order valence-electron chi connectivity index (χ2n) is 38.4. The number of fused-ring (bicyclic) bond motifs is 11. The van der Waals surface area contributed by atoms with Crippen LogP contribution in [-0.4, -0.2) is 56.5 Å². The third kappa shape index (κ3) is 17.1. The van der Waals surface area contributed by atoms with E-state index in [1.54, 1.807) is 0 Å². The number of rotatable bonds is 15. The molecule has 0 spiro atoms. The predicted octanol–water partition coefficient (Wildman–Crippen LogP) is 32.5. The van der Waals surface area contributed by atoms with Gasteiger partial charge in [0.15, 0.2) is 41.1 Å². The van der Waals surface area contributed by atoms with Crippen molar-refractivity contribution in [2.24, 2.45) is 9.98 Å². The van der Waals surface area contributed by atoms with Crippen molar-refractivity contribution >= 4 is 65.9 Å². The van der Waals surface area contributed by atoms with Gasteiger partial charge in [-0.1, -0.05) is 452 Å². The second kappa shape index (κ2) is 37.6. The predicted molar refractivity (Wildman–Crippen MR) is 599 cm³/mol. The fourth-order valence-corrected chi connectivity index (χ4v) is 21.0. The molecular formula is C134H94N12. The smallest absolute Gasteiger partial charge is 0.169 e. The van der Waals surface area contributed by atoms with Gasteiger partial charge in [-0.3, -0.25) is 15.0 Å². The number of hydrogen-bond acceptors (Lipinski definition) is 12. The Balaban J connectivity index is 0.000000115. The Kier molecular flexibility index (Phi) is 22.8. The van der Waals surface area contributed by atoms with Crippen molar-refractivity contribution in [2.45, 2.75) is 44.7 Å². The average molecular weight is 1870 g/mol. The van der Waals surface area contributed by atoms with Gasteiger partial charge < -0.3 is 5.32 Å². The Hall–Kier alpha value is -18.9. The van der Waals surface area contributed by atoms with Crippen LogP contribution >= 0.6 is 0 Å². The van der Waals surface area contributed by atoms with E-state index in [0.29, 0.717) is 34.9 Å². The van der Waals surface area contributed by atoms with E-state index in [2.05, 4.69) is 485 Å². The number of aromatic nitrogens is 9. The fourth-order valence-electron chi connectivity index (χ4n) is 21.0. The molecule has 5 aromatic heterocycles. The SMILES string of the molecule is CC1(C)c2ccccc2-c2ccc(-c3ccc(C4=NC(c5ccc(-c6ccc7c(c6)C(C)(C)c6ccccc6-7)cc5)N=C(c5ccccc5)N4)cc3)cc21.c1ccc(-c2ccc(-c3nc(-c4ccc(-c5cccc6cccnc56)cc4)nc(-c4ccc(-c5cccc6cccnc56)cc4)n3)cc2)cc1.c1ccc2cc(-c3nc(-c4ccc(-c5cccc6cccnc56)cc4)nc(-c4ccc5ccccc5c4)n3)ccc2c1. The molecule has 27 rings (SSSR count). The van der Waals surface area contributed by atoms with E-state index in [4.69, 9.17) is 39.9 Å². The number of nitrogens with zero attached hydrogens (tertiary/aromatic N) is 11. The highest BCUT2D eigenvalue weighted by Gasteiger charge is 2.37. The summed E-state index contributed by atoms with van der Waals surface area (Å²) in [5, 5.41) is 11.6. The Labute approximate surface area is 846 Å². The molecule has 6 heterocycles. The van der Waals surface area contributed by atoms with Crippen LogP contribution in [0.15, 0.2) is 496 Å². The molecule has 1 aliphatic heterocycles. The lowest BCUT2D eigenvalue weighted by molar-refractivity contribution is 0.660. The summed E-state index contributed by atoms with van der Waals surface area (Å²) in [5.41, 5.74) is 36.2. The molecule has 0 saturated heterocycles. The van der Waals surface area contributed by atoms with Gasteiger partial charge in [0.2, 0.25) is 0 Å². The van der Waals surface area contributed by atoms with Crippen LogP contribution in [-0.2, 0) is 10.8 Å². The third-order valence-corrected chi connectivity index (χ3v) is 28.8. The maximum absolute atomic E-state index is 5.20. The number of nitrogens with one attached hydrogen (secondary N) is 1. The lowest BCUT2D eigenvalue weighted by Crippen LogP contribution is -2.36. The lowest BCUT2D eigenvalue weighted by atomic mass is 9.81. The maximum atomic E-state index is 5.20. The van der Waals surface area contributed by atoms with Gasteiger partial charge in [-0.25, -0.2) is 39.9 Å². The number of para-hydroxylation sites is 3. The molecule has 0 radical (unpaired) electrons. The summed E-state index contributed by atoms with van der Waals surface area (Å²) in [4.78, 5) is 54.3. The van der Waals surface area contributed by atoms with Gasteiger partial charge in [0.25, 0.3) is 0 Å². The summed E-state index contributed by atoms with van der Waals surface area (Å²) in [6, 6.07) is 164. The lowest BCUT2D eigenvalue weighted by Gasteiger charge is -2.23. The molecule has 0 amide bonds. The Morgan fingerprint density at radius 1 is 0.178 bits per heavy atom. The highest BCUT2D eigenvalue weighted by Crippen LogP contribution is 2.52. The fraction of sp³-hybridized carbons (Fsp3) is 0.0522. The first-order chi connectivity index (χ1) is 71.8. The Morgan fingerprint density at radius 2 is 0.438 bits per heavy atom. The minimum Gasteiger partial charge on any atom is -0.324 e.